The summed E-state index contributed by atoms with van der Waals surface area (Å²) in [7, 11) is -3.54. The number of carbonyl (C=O) groups is 1. The number of sulfone groups is 1. The quantitative estimate of drug-likeness (QED) is 0.640. The van der Waals surface area contributed by atoms with Crippen LogP contribution >= 0.6 is 0 Å². The summed E-state index contributed by atoms with van der Waals surface area (Å²) in [5.74, 6) is -2.13. The van der Waals surface area contributed by atoms with Gasteiger partial charge in [-0.2, -0.15) is 0 Å². The van der Waals surface area contributed by atoms with E-state index >= 15 is 0 Å². The second kappa shape index (κ2) is 8.15. The molecular weight excluding hydrogens is 330 g/mol. The molecule has 0 aromatic carbocycles. The van der Waals surface area contributed by atoms with Gasteiger partial charge in [-0.25, -0.2) is 8.42 Å². The fraction of sp³-hybridized carbons (Fsp3) is 0.941. The summed E-state index contributed by atoms with van der Waals surface area (Å²) >= 11 is 0. The molecule has 0 aliphatic heterocycles. The Morgan fingerprint density at radius 2 is 1.92 bits per heavy atom. The second-order valence-electron chi connectivity index (χ2n) is 7.16. The van der Waals surface area contributed by atoms with Gasteiger partial charge < -0.3 is 9.84 Å². The SMILES string of the molecule is CCCN(CCS(=O)(=O)CC(=O)O)C1CC(OCC)C12CCCC2. The summed E-state index contributed by atoms with van der Waals surface area (Å²) in [5, 5.41) is 8.74. The summed E-state index contributed by atoms with van der Waals surface area (Å²) in [6.07, 6.45) is 6.98. The van der Waals surface area contributed by atoms with E-state index in [1.54, 1.807) is 0 Å². The van der Waals surface area contributed by atoms with Gasteiger partial charge in [-0.3, -0.25) is 9.69 Å². The van der Waals surface area contributed by atoms with E-state index in [4.69, 9.17) is 9.84 Å². The van der Waals surface area contributed by atoms with Crippen molar-refractivity contribution in [1.29, 1.82) is 0 Å². The molecule has 0 bridgehead atoms. The molecule has 0 amide bonds. The van der Waals surface area contributed by atoms with Crippen molar-refractivity contribution in [3.63, 3.8) is 0 Å². The van der Waals surface area contributed by atoms with E-state index in [2.05, 4.69) is 11.8 Å². The standard InChI is InChI=1S/C17H31NO5S/c1-3-9-18(10-11-24(21,22)13-16(19)20)14-12-15(23-4-2)17(14)7-5-6-8-17/h14-15H,3-13H2,1-2H3,(H,19,20). The van der Waals surface area contributed by atoms with Gasteiger partial charge in [-0.15, -0.1) is 0 Å². The van der Waals surface area contributed by atoms with Crippen molar-refractivity contribution in [2.24, 2.45) is 5.41 Å². The van der Waals surface area contributed by atoms with E-state index in [9.17, 15) is 13.2 Å². The molecule has 24 heavy (non-hydrogen) atoms. The van der Waals surface area contributed by atoms with E-state index in [1.165, 1.54) is 12.8 Å². The zero-order chi connectivity index (χ0) is 17.8. The highest BCUT2D eigenvalue weighted by atomic mass is 32.2. The molecule has 2 rings (SSSR count). The highest BCUT2D eigenvalue weighted by molar-refractivity contribution is 7.92. The molecular formula is C17H31NO5S. The first-order chi connectivity index (χ1) is 11.3. The first kappa shape index (κ1) is 19.7. The number of rotatable bonds is 10. The lowest BCUT2D eigenvalue weighted by atomic mass is 9.60. The van der Waals surface area contributed by atoms with Crippen molar-refractivity contribution in [2.75, 3.05) is 31.2 Å². The molecule has 2 fully saturated rings. The lowest BCUT2D eigenvalue weighted by Crippen LogP contribution is -2.64. The summed E-state index contributed by atoms with van der Waals surface area (Å²) < 4.78 is 29.8. The molecule has 0 aromatic heterocycles. The number of carboxylic acids is 1. The van der Waals surface area contributed by atoms with Crippen LogP contribution in [-0.4, -0.2) is 67.7 Å². The molecule has 2 unspecified atom stereocenters. The van der Waals surface area contributed by atoms with Gasteiger partial charge in [-0.05, 0) is 39.2 Å². The Balaban J connectivity index is 2.03. The van der Waals surface area contributed by atoms with Gasteiger partial charge in [0.1, 0.15) is 5.75 Å². The van der Waals surface area contributed by atoms with Crippen molar-refractivity contribution in [2.45, 2.75) is 64.5 Å². The highest BCUT2D eigenvalue weighted by Gasteiger charge is 2.58. The Kier molecular flexibility index (Phi) is 6.67. The van der Waals surface area contributed by atoms with Crippen molar-refractivity contribution >= 4 is 15.8 Å². The first-order valence-electron chi connectivity index (χ1n) is 9.12. The predicted octanol–water partition coefficient (Wildman–Crippen LogP) is 1.94. The van der Waals surface area contributed by atoms with Crippen LogP contribution in [0.3, 0.4) is 0 Å². The van der Waals surface area contributed by atoms with Crippen molar-refractivity contribution < 1.29 is 23.1 Å². The molecule has 0 heterocycles. The normalized spacial score (nSPS) is 26.0. The van der Waals surface area contributed by atoms with Crippen LogP contribution < -0.4 is 0 Å². The molecule has 2 aliphatic rings. The molecule has 6 nitrogen and oxygen atoms in total. The highest BCUT2D eigenvalue weighted by Crippen LogP contribution is 2.56. The van der Waals surface area contributed by atoms with Gasteiger partial charge in [-0.1, -0.05) is 19.8 Å². The minimum atomic E-state index is -3.54. The van der Waals surface area contributed by atoms with Gasteiger partial charge in [0.25, 0.3) is 0 Å². The number of carboxylic acid groups (broad SMARTS) is 1. The summed E-state index contributed by atoms with van der Waals surface area (Å²) in [6.45, 7) is 6.12. The second-order valence-corrected chi connectivity index (χ2v) is 9.34. The third-order valence-electron chi connectivity index (χ3n) is 5.63. The molecule has 2 atom stereocenters. The molecule has 0 radical (unpaired) electrons. The monoisotopic (exact) mass is 361 g/mol. The lowest BCUT2D eigenvalue weighted by molar-refractivity contribution is -0.164. The smallest absolute Gasteiger partial charge is 0.318 e. The minimum absolute atomic E-state index is 0.0782. The largest absolute Gasteiger partial charge is 0.480 e. The average Bonchev–Trinajstić information content (AvgIpc) is 2.99. The molecule has 1 spiro atoms. The molecule has 7 heteroatoms. The van der Waals surface area contributed by atoms with Crippen LogP contribution in [0.1, 0.15) is 52.4 Å². The lowest BCUT2D eigenvalue weighted by Gasteiger charge is -2.58. The van der Waals surface area contributed by atoms with Crippen LogP contribution in [-0.2, 0) is 19.4 Å². The number of aliphatic carboxylic acids is 1. The Hall–Kier alpha value is -0.660. The molecule has 2 aliphatic carbocycles. The number of nitrogens with zero attached hydrogens (tertiary/aromatic N) is 1. The summed E-state index contributed by atoms with van der Waals surface area (Å²) in [5.41, 5.74) is 0.182. The number of hydrogen-bond donors (Lipinski definition) is 1. The van der Waals surface area contributed by atoms with E-state index in [-0.39, 0.29) is 11.2 Å². The Labute approximate surface area is 145 Å². The Bertz CT molecular complexity index is 527. The van der Waals surface area contributed by atoms with Crippen LogP contribution in [0.2, 0.25) is 0 Å². The zero-order valence-electron chi connectivity index (χ0n) is 14.9. The van der Waals surface area contributed by atoms with Crippen LogP contribution in [0.5, 0.6) is 0 Å². The van der Waals surface area contributed by atoms with Gasteiger partial charge in [0, 0.05) is 24.6 Å². The van der Waals surface area contributed by atoms with Crippen LogP contribution in [0.4, 0.5) is 0 Å². The molecule has 140 valence electrons. The van der Waals surface area contributed by atoms with Gasteiger partial charge in [0.2, 0.25) is 0 Å². The van der Waals surface area contributed by atoms with E-state index in [1.807, 2.05) is 6.92 Å². The van der Waals surface area contributed by atoms with Gasteiger partial charge in [0.15, 0.2) is 9.84 Å². The van der Waals surface area contributed by atoms with E-state index < -0.39 is 21.6 Å². The molecule has 0 saturated heterocycles. The summed E-state index contributed by atoms with van der Waals surface area (Å²) in [6, 6.07) is 0.372. The maximum absolute atomic E-state index is 11.9. The molecule has 0 aromatic rings. The summed E-state index contributed by atoms with van der Waals surface area (Å²) in [4.78, 5) is 13.0. The van der Waals surface area contributed by atoms with Gasteiger partial charge >= 0.3 is 5.97 Å². The van der Waals surface area contributed by atoms with Crippen LogP contribution in [0.15, 0.2) is 0 Å². The van der Waals surface area contributed by atoms with Crippen molar-refractivity contribution in [1.82, 2.24) is 4.90 Å². The first-order valence-corrected chi connectivity index (χ1v) is 10.9. The van der Waals surface area contributed by atoms with Gasteiger partial charge in [0.05, 0.1) is 11.9 Å². The van der Waals surface area contributed by atoms with E-state index in [0.29, 0.717) is 18.7 Å². The van der Waals surface area contributed by atoms with Crippen molar-refractivity contribution in [3.05, 3.63) is 0 Å². The van der Waals surface area contributed by atoms with Crippen LogP contribution in [0.25, 0.3) is 0 Å². The zero-order valence-corrected chi connectivity index (χ0v) is 15.7. The molecule has 1 N–H and O–H groups in total. The third-order valence-corrected chi connectivity index (χ3v) is 7.12. The predicted molar refractivity (Wildman–Crippen MR) is 92.9 cm³/mol. The fourth-order valence-corrected chi connectivity index (χ4v) is 5.62. The van der Waals surface area contributed by atoms with Crippen molar-refractivity contribution in [3.8, 4) is 0 Å². The Morgan fingerprint density at radius 1 is 1.25 bits per heavy atom. The van der Waals surface area contributed by atoms with E-state index in [0.717, 1.165) is 38.8 Å². The fourth-order valence-electron chi connectivity index (χ4n) is 4.59. The van der Waals surface area contributed by atoms with Crippen LogP contribution in [0, 0.1) is 5.41 Å². The number of hydrogen-bond acceptors (Lipinski definition) is 5. The maximum atomic E-state index is 11.9. The number of ether oxygens (including phenoxy) is 1. The topological polar surface area (TPSA) is 83.9 Å². The molecule has 2 saturated carbocycles. The third kappa shape index (κ3) is 4.29. The Morgan fingerprint density at radius 3 is 2.46 bits per heavy atom. The maximum Gasteiger partial charge on any atom is 0.318 e. The minimum Gasteiger partial charge on any atom is -0.480 e. The average molecular weight is 362 g/mol.